The van der Waals surface area contributed by atoms with E-state index in [1.54, 1.807) is 31.2 Å². The van der Waals surface area contributed by atoms with Crippen molar-refractivity contribution < 1.29 is 13.2 Å². The first-order valence-electron chi connectivity index (χ1n) is 7.29. The van der Waals surface area contributed by atoms with Crippen molar-refractivity contribution >= 4 is 21.4 Å². The van der Waals surface area contributed by atoms with Crippen LogP contribution in [0.2, 0.25) is 0 Å². The summed E-state index contributed by atoms with van der Waals surface area (Å²) in [5.41, 5.74) is 0.261. The van der Waals surface area contributed by atoms with Crippen LogP contribution in [0.1, 0.15) is 26.3 Å². The topological polar surface area (TPSA) is 99.1 Å². The Morgan fingerprint density at radius 3 is 2.48 bits per heavy atom. The first-order chi connectivity index (χ1) is 10.6. The van der Waals surface area contributed by atoms with Crippen LogP contribution in [0.5, 0.6) is 0 Å². The van der Waals surface area contributed by atoms with E-state index in [1.165, 1.54) is 0 Å². The Kier molecular flexibility index (Phi) is 6.16. The molecular formula is C16H23N3O3S. The number of para-hydroxylation sites is 1. The number of nitrogens with zero attached hydrogens (tertiary/aromatic N) is 1. The molecule has 0 fully saturated rings. The molecule has 0 aliphatic rings. The summed E-state index contributed by atoms with van der Waals surface area (Å²) in [5, 5.41) is 14.8. The quantitative estimate of drug-likeness (QED) is 0.789. The third-order valence-electron chi connectivity index (χ3n) is 3.66. The molecule has 2 N–H and O–H groups in total. The number of carbonyl (C=O) groups is 1. The maximum atomic E-state index is 12.0. The molecule has 0 aromatic heterocycles. The smallest absolute Gasteiger partial charge is 0.240 e. The van der Waals surface area contributed by atoms with Crippen LogP contribution in [-0.2, 0) is 20.4 Å². The van der Waals surface area contributed by atoms with Gasteiger partial charge in [0.25, 0.3) is 0 Å². The van der Waals surface area contributed by atoms with E-state index in [9.17, 15) is 18.5 Å². The molecule has 1 rings (SSSR count). The lowest BCUT2D eigenvalue weighted by Gasteiger charge is -2.27. The zero-order valence-corrected chi connectivity index (χ0v) is 14.7. The highest BCUT2D eigenvalue weighted by Crippen LogP contribution is 2.18. The standard InChI is InChI=1S/C16H23N3O3S/c1-12(2)16(3,11-17)19-15(20)9-18-14-8-6-5-7-13(14)10-23(4,21)22/h5-8,12,18H,9-10H2,1-4H3,(H,19,20). The van der Waals surface area contributed by atoms with Crippen molar-refractivity contribution in [2.75, 3.05) is 18.1 Å². The van der Waals surface area contributed by atoms with Gasteiger partial charge in [-0.15, -0.1) is 0 Å². The minimum absolute atomic E-state index is 0.0334. The third kappa shape index (κ3) is 5.91. The van der Waals surface area contributed by atoms with Gasteiger partial charge in [-0.3, -0.25) is 4.79 Å². The van der Waals surface area contributed by atoms with Crippen molar-refractivity contribution in [3.8, 4) is 6.07 Å². The summed E-state index contributed by atoms with van der Waals surface area (Å²) < 4.78 is 22.9. The first kappa shape index (κ1) is 19.0. The van der Waals surface area contributed by atoms with Crippen molar-refractivity contribution in [2.45, 2.75) is 32.1 Å². The largest absolute Gasteiger partial charge is 0.376 e. The summed E-state index contributed by atoms with van der Waals surface area (Å²) in [6, 6.07) is 9.05. The Labute approximate surface area is 137 Å². The number of nitrogens with one attached hydrogen (secondary N) is 2. The normalized spacial score (nSPS) is 13.9. The van der Waals surface area contributed by atoms with Crippen molar-refractivity contribution in [3.63, 3.8) is 0 Å². The highest BCUT2D eigenvalue weighted by Gasteiger charge is 2.29. The average molecular weight is 337 g/mol. The minimum Gasteiger partial charge on any atom is -0.376 e. The molecule has 0 aliphatic carbocycles. The number of sulfone groups is 1. The maximum Gasteiger partial charge on any atom is 0.240 e. The number of benzene rings is 1. The van der Waals surface area contributed by atoms with E-state index in [-0.39, 0.29) is 24.1 Å². The molecule has 0 spiro atoms. The van der Waals surface area contributed by atoms with Crippen LogP contribution in [0.3, 0.4) is 0 Å². The van der Waals surface area contributed by atoms with E-state index in [2.05, 4.69) is 16.7 Å². The maximum absolute atomic E-state index is 12.0. The van der Waals surface area contributed by atoms with E-state index < -0.39 is 15.4 Å². The van der Waals surface area contributed by atoms with E-state index >= 15 is 0 Å². The lowest BCUT2D eigenvalue weighted by molar-refractivity contribution is -0.121. The van der Waals surface area contributed by atoms with Crippen LogP contribution in [-0.4, -0.2) is 32.7 Å². The molecule has 0 radical (unpaired) electrons. The molecule has 1 aromatic carbocycles. The van der Waals surface area contributed by atoms with Crippen LogP contribution in [0, 0.1) is 17.2 Å². The summed E-state index contributed by atoms with van der Waals surface area (Å²) in [4.78, 5) is 12.0. The molecule has 23 heavy (non-hydrogen) atoms. The summed E-state index contributed by atoms with van der Waals surface area (Å²) in [6.07, 6.45) is 1.16. The number of hydrogen-bond acceptors (Lipinski definition) is 5. The van der Waals surface area contributed by atoms with Crippen molar-refractivity contribution in [2.24, 2.45) is 5.92 Å². The van der Waals surface area contributed by atoms with Crippen molar-refractivity contribution in [3.05, 3.63) is 29.8 Å². The van der Waals surface area contributed by atoms with Gasteiger partial charge in [0.05, 0.1) is 18.4 Å². The highest BCUT2D eigenvalue weighted by molar-refractivity contribution is 7.89. The zero-order valence-electron chi connectivity index (χ0n) is 13.9. The second kappa shape index (κ2) is 7.47. The highest BCUT2D eigenvalue weighted by atomic mass is 32.2. The van der Waals surface area contributed by atoms with E-state index in [0.29, 0.717) is 11.3 Å². The van der Waals surface area contributed by atoms with Gasteiger partial charge in [0, 0.05) is 11.9 Å². The second-order valence-corrected chi connectivity index (χ2v) is 8.24. The van der Waals surface area contributed by atoms with Gasteiger partial charge in [-0.25, -0.2) is 8.42 Å². The number of hydrogen-bond donors (Lipinski definition) is 2. The van der Waals surface area contributed by atoms with Crippen LogP contribution in [0.15, 0.2) is 24.3 Å². The fraction of sp³-hybridized carbons (Fsp3) is 0.500. The Balaban J connectivity index is 2.76. The molecule has 0 bridgehead atoms. The van der Waals surface area contributed by atoms with Gasteiger partial charge >= 0.3 is 0 Å². The lowest BCUT2D eigenvalue weighted by Crippen LogP contribution is -2.50. The van der Waals surface area contributed by atoms with Gasteiger partial charge in [0.1, 0.15) is 5.54 Å². The molecule has 6 nitrogen and oxygen atoms in total. The number of nitriles is 1. The summed E-state index contributed by atoms with van der Waals surface area (Å²) in [6.45, 7) is 5.36. The molecule has 1 aromatic rings. The van der Waals surface area contributed by atoms with Gasteiger partial charge in [-0.1, -0.05) is 32.0 Å². The Hall–Kier alpha value is -2.07. The summed E-state index contributed by atoms with van der Waals surface area (Å²) in [7, 11) is -3.17. The fourth-order valence-electron chi connectivity index (χ4n) is 1.91. The van der Waals surface area contributed by atoms with Gasteiger partial charge in [0.2, 0.25) is 5.91 Å². The van der Waals surface area contributed by atoms with Crippen LogP contribution < -0.4 is 10.6 Å². The molecule has 1 amide bonds. The zero-order chi connectivity index (χ0) is 17.7. The van der Waals surface area contributed by atoms with E-state index in [4.69, 9.17) is 0 Å². The molecule has 0 saturated heterocycles. The third-order valence-corrected chi connectivity index (χ3v) is 4.50. The molecule has 0 aliphatic heterocycles. The molecular weight excluding hydrogens is 314 g/mol. The molecule has 1 atom stereocenters. The van der Waals surface area contributed by atoms with E-state index in [1.807, 2.05) is 13.8 Å². The Morgan fingerprint density at radius 1 is 1.35 bits per heavy atom. The summed E-state index contributed by atoms with van der Waals surface area (Å²) >= 11 is 0. The molecule has 0 heterocycles. The predicted octanol–water partition coefficient (Wildman–Crippen LogP) is 1.70. The SMILES string of the molecule is CC(C)C(C)(C#N)NC(=O)CNc1ccccc1CS(C)(=O)=O. The molecule has 0 saturated carbocycles. The number of anilines is 1. The Bertz CT molecular complexity index is 708. The van der Waals surface area contributed by atoms with Crippen molar-refractivity contribution in [1.29, 1.82) is 5.26 Å². The summed E-state index contributed by atoms with van der Waals surface area (Å²) in [5.74, 6) is -0.453. The number of amides is 1. The Morgan fingerprint density at radius 2 is 1.96 bits per heavy atom. The fourth-order valence-corrected chi connectivity index (χ4v) is 2.73. The van der Waals surface area contributed by atoms with Gasteiger partial charge in [-0.05, 0) is 24.5 Å². The average Bonchev–Trinajstić information content (AvgIpc) is 2.44. The molecule has 7 heteroatoms. The number of carbonyl (C=O) groups excluding carboxylic acids is 1. The van der Waals surface area contributed by atoms with Crippen LogP contribution in [0.4, 0.5) is 5.69 Å². The lowest BCUT2D eigenvalue weighted by atomic mass is 9.90. The van der Waals surface area contributed by atoms with Crippen molar-refractivity contribution in [1.82, 2.24) is 5.32 Å². The van der Waals surface area contributed by atoms with E-state index in [0.717, 1.165) is 6.26 Å². The van der Waals surface area contributed by atoms with Crippen LogP contribution >= 0.6 is 0 Å². The first-order valence-corrected chi connectivity index (χ1v) is 9.35. The molecule has 126 valence electrons. The monoisotopic (exact) mass is 337 g/mol. The predicted molar refractivity (Wildman–Crippen MR) is 90.5 cm³/mol. The minimum atomic E-state index is -3.17. The van der Waals surface area contributed by atoms with Gasteiger partial charge < -0.3 is 10.6 Å². The molecule has 1 unspecified atom stereocenters. The van der Waals surface area contributed by atoms with Gasteiger partial charge in [0.15, 0.2) is 9.84 Å². The number of rotatable bonds is 7. The van der Waals surface area contributed by atoms with Crippen LogP contribution in [0.25, 0.3) is 0 Å². The second-order valence-electron chi connectivity index (χ2n) is 6.10. The van der Waals surface area contributed by atoms with Gasteiger partial charge in [-0.2, -0.15) is 5.26 Å².